The molecule has 0 radical (unpaired) electrons. The number of amides is 2. The van der Waals surface area contributed by atoms with E-state index in [4.69, 9.17) is 11.6 Å². The third kappa shape index (κ3) is 4.84. The molecule has 1 aliphatic heterocycles. The van der Waals surface area contributed by atoms with Crippen LogP contribution in [0.15, 0.2) is 35.3 Å². The Bertz CT molecular complexity index is 1500. The Morgan fingerprint density at radius 3 is 2.45 bits per heavy atom. The second-order valence-corrected chi connectivity index (χ2v) is 9.97. The first kappa shape index (κ1) is 27.5. The van der Waals surface area contributed by atoms with Crippen LogP contribution in [-0.2, 0) is 4.79 Å². The van der Waals surface area contributed by atoms with Crippen LogP contribution in [0.4, 0.5) is 27.8 Å². The van der Waals surface area contributed by atoms with Crippen molar-refractivity contribution < 1.29 is 31.5 Å². The van der Waals surface area contributed by atoms with Gasteiger partial charge in [-0.15, -0.1) is 0 Å². The van der Waals surface area contributed by atoms with Crippen LogP contribution in [0.2, 0.25) is 5.02 Å². The minimum atomic E-state index is -4.78. The average Bonchev–Trinajstić information content (AvgIpc) is 3.09. The topological polar surface area (TPSA) is 84.3 Å². The summed E-state index contributed by atoms with van der Waals surface area (Å²) in [5.74, 6) is -3.65. The molecule has 1 aliphatic rings. The lowest BCUT2D eigenvalue weighted by atomic mass is 9.92. The van der Waals surface area contributed by atoms with Crippen molar-refractivity contribution in [2.24, 2.45) is 5.41 Å². The van der Waals surface area contributed by atoms with Crippen LogP contribution in [0.1, 0.15) is 44.0 Å². The molecule has 202 valence electrons. The number of pyridine rings is 2. The standard InChI is InChI=1S/C25H22ClF5N4O3/c1-4-17(25(29,30)31)32-22(37)14-11-35(19-15(26)9-12(27)10-16(19)28)21-13(20(14)36)5-6-18(33-21)34-8-7-24(2,3)23(34)38/h5-6,9-11,17H,4,7-8H2,1-3H3,(H,32,37)/t17-/m0/s1. The van der Waals surface area contributed by atoms with Gasteiger partial charge in [-0.1, -0.05) is 32.4 Å². The molecule has 2 amide bonds. The molecule has 3 heterocycles. The number of anilines is 1. The SMILES string of the molecule is CC[C@H](NC(=O)c1cn(-c2c(F)cc(F)cc2Cl)c2nc(N3CCC(C)(C)C3=O)ccc2c1=O)C(F)(F)F. The van der Waals surface area contributed by atoms with Crippen LogP contribution in [-0.4, -0.2) is 40.1 Å². The zero-order chi connectivity index (χ0) is 28.2. The van der Waals surface area contributed by atoms with E-state index < -0.39 is 63.3 Å². The highest BCUT2D eigenvalue weighted by molar-refractivity contribution is 6.32. The molecule has 0 aliphatic carbocycles. The summed E-state index contributed by atoms with van der Waals surface area (Å²) in [5, 5.41) is 1.07. The van der Waals surface area contributed by atoms with Crippen LogP contribution in [0, 0.1) is 17.0 Å². The van der Waals surface area contributed by atoms with Gasteiger partial charge in [-0.2, -0.15) is 13.2 Å². The molecule has 0 unspecified atom stereocenters. The van der Waals surface area contributed by atoms with Crippen LogP contribution in [0.3, 0.4) is 0 Å². The number of carbonyl (C=O) groups excluding carboxylic acids is 2. The number of halogens is 6. The Kier molecular flexibility index (Phi) is 6.98. The van der Waals surface area contributed by atoms with E-state index in [2.05, 4.69) is 4.98 Å². The highest BCUT2D eigenvalue weighted by Gasteiger charge is 2.41. The Morgan fingerprint density at radius 1 is 1.21 bits per heavy atom. The number of aromatic nitrogens is 2. The van der Waals surface area contributed by atoms with Gasteiger partial charge in [0.15, 0.2) is 11.5 Å². The highest BCUT2D eigenvalue weighted by Crippen LogP contribution is 2.34. The second kappa shape index (κ2) is 9.64. The molecule has 38 heavy (non-hydrogen) atoms. The Balaban J connectivity index is 1.96. The number of rotatable bonds is 5. The van der Waals surface area contributed by atoms with Gasteiger partial charge in [0.05, 0.1) is 10.4 Å². The molecule has 3 aromatic rings. The number of nitrogens with zero attached hydrogens (tertiary/aromatic N) is 3. The smallest absolute Gasteiger partial charge is 0.340 e. The number of benzene rings is 1. The minimum absolute atomic E-state index is 0.125. The predicted octanol–water partition coefficient (Wildman–Crippen LogP) is 5.15. The molecule has 1 aromatic carbocycles. The van der Waals surface area contributed by atoms with Crippen molar-refractivity contribution in [1.82, 2.24) is 14.9 Å². The maximum absolute atomic E-state index is 15.0. The van der Waals surface area contributed by atoms with Crippen LogP contribution < -0.4 is 15.6 Å². The monoisotopic (exact) mass is 556 g/mol. The first-order valence-electron chi connectivity index (χ1n) is 11.6. The van der Waals surface area contributed by atoms with Crippen molar-refractivity contribution in [3.05, 3.63) is 62.9 Å². The van der Waals surface area contributed by atoms with Crippen molar-refractivity contribution in [2.75, 3.05) is 11.4 Å². The number of hydrogen-bond acceptors (Lipinski definition) is 4. The van der Waals surface area contributed by atoms with Crippen LogP contribution in [0.5, 0.6) is 0 Å². The summed E-state index contributed by atoms with van der Waals surface area (Å²) in [6, 6.07) is 1.65. The molecule has 2 aromatic heterocycles. The summed E-state index contributed by atoms with van der Waals surface area (Å²) in [4.78, 5) is 44.7. The highest BCUT2D eigenvalue weighted by atomic mass is 35.5. The van der Waals surface area contributed by atoms with E-state index in [1.165, 1.54) is 24.0 Å². The molecule has 1 saturated heterocycles. The fourth-order valence-electron chi connectivity index (χ4n) is 4.28. The summed E-state index contributed by atoms with van der Waals surface area (Å²) in [6.07, 6.45) is -3.95. The quantitative estimate of drug-likeness (QED) is 0.441. The van der Waals surface area contributed by atoms with Gasteiger partial charge in [-0.05, 0) is 31.0 Å². The van der Waals surface area contributed by atoms with Crippen molar-refractivity contribution >= 4 is 40.3 Å². The number of hydrogen-bond donors (Lipinski definition) is 1. The van der Waals surface area contributed by atoms with Crippen LogP contribution >= 0.6 is 11.6 Å². The summed E-state index contributed by atoms with van der Waals surface area (Å²) in [5.41, 5.74) is -3.12. The molecule has 1 atom stereocenters. The van der Waals surface area contributed by atoms with Crippen LogP contribution in [0.25, 0.3) is 16.7 Å². The van der Waals surface area contributed by atoms with Gasteiger partial charge in [0.25, 0.3) is 5.91 Å². The largest absolute Gasteiger partial charge is 0.408 e. The Labute approximate surface area is 218 Å². The van der Waals surface area contributed by atoms with E-state index in [9.17, 15) is 36.3 Å². The van der Waals surface area contributed by atoms with Gasteiger partial charge in [0.1, 0.15) is 28.9 Å². The lowest BCUT2D eigenvalue weighted by Gasteiger charge is -2.22. The summed E-state index contributed by atoms with van der Waals surface area (Å²) in [7, 11) is 0. The van der Waals surface area contributed by atoms with E-state index in [1.807, 2.05) is 0 Å². The molecular formula is C25H22ClF5N4O3. The summed E-state index contributed by atoms with van der Waals surface area (Å²) < 4.78 is 69.5. The van der Waals surface area contributed by atoms with Gasteiger partial charge in [-0.3, -0.25) is 23.9 Å². The molecular weight excluding hydrogens is 535 g/mol. The maximum Gasteiger partial charge on any atom is 0.408 e. The molecule has 1 N–H and O–H groups in total. The fraction of sp³-hybridized carbons (Fsp3) is 0.360. The first-order valence-corrected chi connectivity index (χ1v) is 11.9. The molecule has 0 spiro atoms. The first-order chi connectivity index (χ1) is 17.7. The van der Waals surface area contributed by atoms with Gasteiger partial charge < -0.3 is 5.32 Å². The van der Waals surface area contributed by atoms with Crippen molar-refractivity contribution in [1.29, 1.82) is 0 Å². The number of nitrogens with one attached hydrogen (secondary N) is 1. The maximum atomic E-state index is 15.0. The normalized spacial score (nSPS) is 16.2. The number of fused-ring (bicyclic) bond motifs is 1. The molecule has 0 bridgehead atoms. The Hall–Kier alpha value is -3.54. The van der Waals surface area contributed by atoms with Gasteiger partial charge in [0, 0.05) is 24.2 Å². The fourth-order valence-corrected chi connectivity index (χ4v) is 4.56. The third-order valence-corrected chi connectivity index (χ3v) is 6.76. The van der Waals surface area contributed by atoms with Crippen molar-refractivity contribution in [3.8, 4) is 5.69 Å². The lowest BCUT2D eigenvalue weighted by Crippen LogP contribution is -2.46. The minimum Gasteiger partial charge on any atom is -0.340 e. The Morgan fingerprint density at radius 2 is 1.89 bits per heavy atom. The second-order valence-electron chi connectivity index (χ2n) is 9.57. The molecule has 0 saturated carbocycles. The average molecular weight is 557 g/mol. The molecule has 7 nitrogen and oxygen atoms in total. The predicted molar refractivity (Wildman–Crippen MR) is 131 cm³/mol. The van der Waals surface area contributed by atoms with E-state index in [1.54, 1.807) is 19.2 Å². The third-order valence-electron chi connectivity index (χ3n) is 6.47. The molecule has 13 heteroatoms. The zero-order valence-corrected chi connectivity index (χ0v) is 21.2. The van der Waals surface area contributed by atoms with Gasteiger partial charge in [0.2, 0.25) is 11.3 Å². The van der Waals surface area contributed by atoms with E-state index in [0.29, 0.717) is 19.0 Å². The van der Waals surface area contributed by atoms with Crippen molar-refractivity contribution in [2.45, 2.75) is 45.8 Å². The lowest BCUT2D eigenvalue weighted by molar-refractivity contribution is -0.153. The number of carbonyl (C=O) groups is 2. The number of alkyl halides is 3. The van der Waals surface area contributed by atoms with E-state index in [0.717, 1.165) is 16.8 Å². The van der Waals surface area contributed by atoms with Crippen molar-refractivity contribution in [3.63, 3.8) is 0 Å². The molecule has 4 rings (SSSR count). The van der Waals surface area contributed by atoms with E-state index in [-0.39, 0.29) is 22.8 Å². The summed E-state index contributed by atoms with van der Waals surface area (Å²) in [6.45, 7) is 5.04. The summed E-state index contributed by atoms with van der Waals surface area (Å²) >= 11 is 6.11. The zero-order valence-electron chi connectivity index (χ0n) is 20.4. The van der Waals surface area contributed by atoms with Gasteiger partial charge >= 0.3 is 6.18 Å². The van der Waals surface area contributed by atoms with E-state index >= 15 is 0 Å². The molecule has 1 fully saturated rings. The van der Waals surface area contributed by atoms with Gasteiger partial charge in [-0.25, -0.2) is 13.8 Å².